The highest BCUT2D eigenvalue weighted by Crippen LogP contribution is 2.39. The normalized spacial score (nSPS) is 16.5. The zero-order valence-electron chi connectivity index (χ0n) is 20.2. The lowest BCUT2D eigenvalue weighted by Gasteiger charge is -2.24. The number of furan rings is 1. The van der Waals surface area contributed by atoms with Gasteiger partial charge in [-0.2, -0.15) is 0 Å². The van der Waals surface area contributed by atoms with Crippen LogP contribution in [0.4, 0.5) is 11.4 Å². The Labute approximate surface area is 218 Å². The van der Waals surface area contributed by atoms with Crippen molar-refractivity contribution in [2.24, 2.45) is 4.99 Å². The topological polar surface area (TPSA) is 89.0 Å². The van der Waals surface area contributed by atoms with Gasteiger partial charge in [-0.05, 0) is 67.1 Å². The molecule has 8 heteroatoms. The van der Waals surface area contributed by atoms with Crippen LogP contribution in [0.3, 0.4) is 0 Å². The maximum absolute atomic E-state index is 13.6. The Balaban J connectivity index is 1.48. The van der Waals surface area contributed by atoms with E-state index in [1.165, 1.54) is 23.9 Å². The van der Waals surface area contributed by atoms with Gasteiger partial charge in [0.2, 0.25) is 0 Å². The Morgan fingerprint density at radius 2 is 1.70 bits per heavy atom. The van der Waals surface area contributed by atoms with Gasteiger partial charge in [-0.25, -0.2) is 4.99 Å². The number of hydrogen-bond acceptors (Lipinski definition) is 6. The van der Waals surface area contributed by atoms with Crippen LogP contribution in [0.25, 0.3) is 17.4 Å². The molecule has 4 aromatic rings. The van der Waals surface area contributed by atoms with Crippen LogP contribution in [-0.2, 0) is 4.79 Å². The van der Waals surface area contributed by atoms with Crippen molar-refractivity contribution in [1.29, 1.82) is 0 Å². The average molecular weight is 510 g/mol. The zero-order valence-corrected chi connectivity index (χ0v) is 21.0. The molecule has 5 rings (SSSR count). The molecule has 1 fully saturated rings. The third-order valence-electron chi connectivity index (χ3n) is 6.07. The molecular weight excluding hydrogens is 486 g/mol. The molecule has 1 amide bonds. The molecule has 0 spiro atoms. The molecule has 2 heterocycles. The lowest BCUT2D eigenvalue weighted by atomic mass is 10.1. The minimum Gasteiger partial charge on any atom is -0.457 e. The smallest absolute Gasteiger partial charge is 0.269 e. The molecule has 1 aliphatic rings. The monoisotopic (exact) mass is 509 g/mol. The number of aryl methyl sites for hydroxylation is 1. The minimum absolute atomic E-state index is 0.0287. The SMILES string of the molecule is Cc1cc([N+](=O)[O-])ccc1-c1ccc(/C=C2/SC(=Nc3ccccc3)N([C@H](C)c3ccccc3)C2=O)o1. The zero-order chi connectivity index (χ0) is 25.9. The van der Waals surface area contributed by atoms with Crippen molar-refractivity contribution in [1.82, 2.24) is 4.90 Å². The molecule has 1 atom stereocenters. The van der Waals surface area contributed by atoms with E-state index < -0.39 is 4.92 Å². The molecule has 37 heavy (non-hydrogen) atoms. The Morgan fingerprint density at radius 3 is 2.38 bits per heavy atom. The van der Waals surface area contributed by atoms with Crippen LogP contribution in [0.1, 0.15) is 29.9 Å². The lowest BCUT2D eigenvalue weighted by molar-refractivity contribution is -0.384. The van der Waals surface area contributed by atoms with Gasteiger partial charge in [-0.1, -0.05) is 48.5 Å². The quantitative estimate of drug-likeness (QED) is 0.152. The number of amidine groups is 1. The van der Waals surface area contributed by atoms with E-state index in [2.05, 4.69) is 0 Å². The number of nitro groups is 1. The van der Waals surface area contributed by atoms with Crippen LogP contribution in [-0.4, -0.2) is 20.9 Å². The van der Waals surface area contributed by atoms with E-state index in [-0.39, 0.29) is 17.6 Å². The average Bonchev–Trinajstić information content (AvgIpc) is 3.49. The molecule has 0 bridgehead atoms. The number of carbonyl (C=O) groups excluding carboxylic acids is 1. The molecule has 1 saturated heterocycles. The van der Waals surface area contributed by atoms with Gasteiger partial charge < -0.3 is 4.42 Å². The molecule has 3 aromatic carbocycles. The van der Waals surface area contributed by atoms with Crippen molar-refractivity contribution < 1.29 is 14.1 Å². The van der Waals surface area contributed by atoms with E-state index in [9.17, 15) is 14.9 Å². The molecule has 1 aliphatic heterocycles. The predicted octanol–water partition coefficient (Wildman–Crippen LogP) is 7.53. The van der Waals surface area contributed by atoms with Gasteiger partial charge >= 0.3 is 0 Å². The van der Waals surface area contributed by atoms with Crippen molar-refractivity contribution in [3.8, 4) is 11.3 Å². The van der Waals surface area contributed by atoms with Crippen LogP contribution in [0.2, 0.25) is 0 Å². The van der Waals surface area contributed by atoms with Crippen LogP contribution in [0.5, 0.6) is 0 Å². The van der Waals surface area contributed by atoms with Gasteiger partial charge in [0.25, 0.3) is 11.6 Å². The summed E-state index contributed by atoms with van der Waals surface area (Å²) >= 11 is 1.31. The molecule has 0 aliphatic carbocycles. The Morgan fingerprint density at radius 1 is 1.00 bits per heavy atom. The van der Waals surface area contributed by atoms with Crippen LogP contribution in [0.15, 0.2) is 105 Å². The molecule has 1 aromatic heterocycles. The van der Waals surface area contributed by atoms with Gasteiger partial charge in [-0.3, -0.25) is 19.8 Å². The summed E-state index contributed by atoms with van der Waals surface area (Å²) in [6.07, 6.45) is 1.72. The van der Waals surface area contributed by atoms with E-state index >= 15 is 0 Å². The van der Waals surface area contributed by atoms with Crippen molar-refractivity contribution in [2.75, 3.05) is 0 Å². The Bertz CT molecular complexity index is 1530. The van der Waals surface area contributed by atoms with Gasteiger partial charge in [0.05, 0.1) is 21.6 Å². The number of nitrogens with zero attached hydrogens (tertiary/aromatic N) is 3. The first kappa shape index (κ1) is 24.3. The van der Waals surface area contributed by atoms with E-state index in [0.29, 0.717) is 21.6 Å². The highest BCUT2D eigenvalue weighted by Gasteiger charge is 2.37. The Kier molecular flexibility index (Phi) is 6.74. The van der Waals surface area contributed by atoms with Crippen molar-refractivity contribution in [3.05, 3.63) is 123 Å². The molecular formula is C29H23N3O4S. The maximum Gasteiger partial charge on any atom is 0.269 e. The number of non-ortho nitro benzene ring substituents is 1. The van der Waals surface area contributed by atoms with Gasteiger partial charge in [0, 0.05) is 23.8 Å². The number of thioether (sulfide) groups is 1. The van der Waals surface area contributed by atoms with Crippen LogP contribution < -0.4 is 0 Å². The third-order valence-corrected chi connectivity index (χ3v) is 7.06. The predicted molar refractivity (Wildman–Crippen MR) is 146 cm³/mol. The summed E-state index contributed by atoms with van der Waals surface area (Å²) < 4.78 is 6.02. The second kappa shape index (κ2) is 10.3. The summed E-state index contributed by atoms with van der Waals surface area (Å²) in [5.74, 6) is 0.930. The summed E-state index contributed by atoms with van der Waals surface area (Å²) in [4.78, 5) is 31.2. The molecule has 0 N–H and O–H groups in total. The fraction of sp³-hybridized carbons (Fsp3) is 0.103. The summed E-state index contributed by atoms with van der Waals surface area (Å²) in [7, 11) is 0. The van der Waals surface area contributed by atoms with Crippen molar-refractivity contribution >= 4 is 40.3 Å². The van der Waals surface area contributed by atoms with E-state index in [1.807, 2.05) is 67.6 Å². The van der Waals surface area contributed by atoms with Crippen molar-refractivity contribution in [3.63, 3.8) is 0 Å². The highest BCUT2D eigenvalue weighted by atomic mass is 32.2. The fourth-order valence-electron chi connectivity index (χ4n) is 4.14. The van der Waals surface area contributed by atoms with Crippen LogP contribution in [0, 0.1) is 17.0 Å². The number of aliphatic imine (C=N–C) groups is 1. The minimum atomic E-state index is -0.422. The number of rotatable bonds is 6. The molecule has 184 valence electrons. The van der Waals surface area contributed by atoms with Gasteiger partial charge in [0.15, 0.2) is 5.17 Å². The number of para-hydroxylation sites is 1. The standard InChI is InChI=1S/C29H23N3O4S/c1-19-17-23(32(34)35)13-15-25(19)26-16-14-24(36-26)18-27-28(33)31(20(2)21-9-5-3-6-10-21)29(37-27)30-22-11-7-4-8-12-22/h3-18,20H,1-2H3/b27-18+,30-29?/t20-/m1/s1. The first-order valence-electron chi connectivity index (χ1n) is 11.7. The highest BCUT2D eigenvalue weighted by molar-refractivity contribution is 8.18. The summed E-state index contributed by atoms with van der Waals surface area (Å²) in [5, 5.41) is 11.7. The molecule has 0 unspecified atom stereocenters. The van der Waals surface area contributed by atoms with Crippen molar-refractivity contribution in [2.45, 2.75) is 19.9 Å². The number of nitro benzene ring substituents is 1. The third kappa shape index (κ3) is 5.10. The second-order valence-corrected chi connectivity index (χ2v) is 9.57. The van der Waals surface area contributed by atoms with Crippen LogP contribution >= 0.6 is 11.8 Å². The number of hydrogen-bond donors (Lipinski definition) is 0. The lowest BCUT2D eigenvalue weighted by Crippen LogP contribution is -2.32. The second-order valence-electron chi connectivity index (χ2n) is 8.56. The molecule has 7 nitrogen and oxygen atoms in total. The Hall–Kier alpha value is -4.43. The summed E-state index contributed by atoms with van der Waals surface area (Å²) in [6.45, 7) is 3.79. The molecule has 0 radical (unpaired) electrons. The number of amides is 1. The first-order valence-corrected chi connectivity index (χ1v) is 12.5. The van der Waals surface area contributed by atoms with E-state index in [4.69, 9.17) is 9.41 Å². The molecule has 0 saturated carbocycles. The number of benzene rings is 3. The largest absolute Gasteiger partial charge is 0.457 e. The summed E-state index contributed by atoms with van der Waals surface area (Å²) in [5.41, 5.74) is 3.28. The van der Waals surface area contributed by atoms with Gasteiger partial charge in [0.1, 0.15) is 11.5 Å². The fourth-order valence-corrected chi connectivity index (χ4v) is 5.19. The first-order chi connectivity index (χ1) is 17.9. The number of carbonyl (C=O) groups is 1. The van der Waals surface area contributed by atoms with E-state index in [1.54, 1.807) is 36.1 Å². The van der Waals surface area contributed by atoms with E-state index in [0.717, 1.165) is 22.4 Å². The maximum atomic E-state index is 13.6. The van der Waals surface area contributed by atoms with Gasteiger partial charge in [-0.15, -0.1) is 0 Å². The summed E-state index contributed by atoms with van der Waals surface area (Å²) in [6, 6.07) is 27.4.